The van der Waals surface area contributed by atoms with Crippen molar-refractivity contribution in [2.45, 2.75) is 26.3 Å². The maximum atomic E-state index is 11.2. The molecule has 1 rings (SSSR count). The van der Waals surface area contributed by atoms with Crippen molar-refractivity contribution in [1.82, 2.24) is 5.32 Å². The maximum absolute atomic E-state index is 11.2. The normalized spacial score (nSPS) is 26.4. The number of amides is 1. The van der Waals surface area contributed by atoms with Crippen LogP contribution >= 0.6 is 0 Å². The number of rotatable bonds is 4. The standard InChI is InChI=1S/C11H17NO4/c1-4-5-16-10(15)12-8-6-7(9(13)14)11(8,2)3/h4,7-8H,1,5-6H2,2-3H3,(H,12,15)(H,13,14). The summed E-state index contributed by atoms with van der Waals surface area (Å²) in [6.45, 7) is 7.24. The van der Waals surface area contributed by atoms with Gasteiger partial charge in [-0.2, -0.15) is 0 Å². The molecule has 5 nitrogen and oxygen atoms in total. The van der Waals surface area contributed by atoms with Gasteiger partial charge in [0.05, 0.1) is 5.92 Å². The van der Waals surface area contributed by atoms with Crippen molar-refractivity contribution in [2.24, 2.45) is 11.3 Å². The van der Waals surface area contributed by atoms with Gasteiger partial charge in [0, 0.05) is 6.04 Å². The van der Waals surface area contributed by atoms with Crippen LogP contribution < -0.4 is 5.32 Å². The van der Waals surface area contributed by atoms with E-state index in [0.717, 1.165) is 0 Å². The summed E-state index contributed by atoms with van der Waals surface area (Å²) in [4.78, 5) is 22.1. The van der Waals surface area contributed by atoms with Crippen LogP contribution in [0.1, 0.15) is 20.3 Å². The van der Waals surface area contributed by atoms with Crippen LogP contribution in [0.15, 0.2) is 12.7 Å². The fourth-order valence-electron chi connectivity index (χ4n) is 1.91. The van der Waals surface area contributed by atoms with Gasteiger partial charge in [0.2, 0.25) is 0 Å². The summed E-state index contributed by atoms with van der Waals surface area (Å²) in [6, 6.07) is -0.147. The molecule has 0 heterocycles. The van der Waals surface area contributed by atoms with Crippen LogP contribution in [-0.2, 0) is 9.53 Å². The molecular weight excluding hydrogens is 210 g/mol. The SMILES string of the molecule is C=CCOC(=O)NC1CC(C(=O)O)C1(C)C. The van der Waals surface area contributed by atoms with Crippen molar-refractivity contribution < 1.29 is 19.4 Å². The van der Waals surface area contributed by atoms with Crippen molar-refractivity contribution in [3.8, 4) is 0 Å². The molecular formula is C11H17NO4. The van der Waals surface area contributed by atoms with Crippen molar-refractivity contribution in [2.75, 3.05) is 6.61 Å². The minimum atomic E-state index is -0.817. The quantitative estimate of drug-likeness (QED) is 0.712. The molecule has 1 saturated carbocycles. The number of hydrogen-bond donors (Lipinski definition) is 2. The summed E-state index contributed by atoms with van der Waals surface area (Å²) in [5.41, 5.74) is -0.432. The summed E-state index contributed by atoms with van der Waals surface area (Å²) < 4.78 is 4.77. The first-order chi connectivity index (χ1) is 7.39. The van der Waals surface area contributed by atoms with E-state index in [9.17, 15) is 9.59 Å². The molecule has 1 aliphatic carbocycles. The third-order valence-corrected chi connectivity index (χ3v) is 3.19. The van der Waals surface area contributed by atoms with E-state index in [4.69, 9.17) is 9.84 Å². The molecule has 0 bridgehead atoms. The highest BCUT2D eigenvalue weighted by Crippen LogP contribution is 2.46. The summed E-state index contributed by atoms with van der Waals surface area (Å²) in [7, 11) is 0. The Morgan fingerprint density at radius 3 is 2.69 bits per heavy atom. The second-order valence-electron chi connectivity index (χ2n) is 4.53. The van der Waals surface area contributed by atoms with Gasteiger partial charge in [0.15, 0.2) is 0 Å². The van der Waals surface area contributed by atoms with E-state index < -0.39 is 23.4 Å². The van der Waals surface area contributed by atoms with Gasteiger partial charge in [-0.3, -0.25) is 4.79 Å². The third kappa shape index (κ3) is 2.35. The maximum Gasteiger partial charge on any atom is 0.407 e. The highest BCUT2D eigenvalue weighted by atomic mass is 16.5. The van der Waals surface area contributed by atoms with Gasteiger partial charge in [0.25, 0.3) is 0 Å². The molecule has 0 spiro atoms. The zero-order valence-electron chi connectivity index (χ0n) is 9.53. The van der Waals surface area contributed by atoms with E-state index in [2.05, 4.69) is 11.9 Å². The van der Waals surface area contributed by atoms with E-state index >= 15 is 0 Å². The highest BCUT2D eigenvalue weighted by molar-refractivity contribution is 5.74. The predicted octanol–water partition coefficient (Wildman–Crippen LogP) is 1.40. The molecule has 0 aliphatic heterocycles. The number of aliphatic carboxylic acids is 1. The minimum Gasteiger partial charge on any atom is -0.481 e. The van der Waals surface area contributed by atoms with E-state index in [1.165, 1.54) is 6.08 Å². The first kappa shape index (κ1) is 12.5. The number of carboxylic acids is 1. The Kier molecular flexibility index (Phi) is 3.57. The van der Waals surface area contributed by atoms with Crippen LogP contribution in [0.25, 0.3) is 0 Å². The number of carbonyl (C=O) groups is 2. The molecule has 0 aromatic rings. The van der Waals surface area contributed by atoms with Crippen LogP contribution in [0.5, 0.6) is 0 Å². The van der Waals surface area contributed by atoms with Gasteiger partial charge in [-0.1, -0.05) is 26.5 Å². The molecule has 2 atom stereocenters. The first-order valence-electron chi connectivity index (χ1n) is 5.16. The monoisotopic (exact) mass is 227 g/mol. The van der Waals surface area contributed by atoms with Crippen LogP contribution in [0, 0.1) is 11.3 Å². The van der Waals surface area contributed by atoms with Gasteiger partial charge < -0.3 is 15.2 Å². The zero-order valence-corrected chi connectivity index (χ0v) is 9.53. The van der Waals surface area contributed by atoms with Crippen molar-refractivity contribution in [3.63, 3.8) is 0 Å². The van der Waals surface area contributed by atoms with Crippen molar-refractivity contribution in [3.05, 3.63) is 12.7 Å². The van der Waals surface area contributed by atoms with Crippen molar-refractivity contribution >= 4 is 12.1 Å². The predicted molar refractivity (Wildman–Crippen MR) is 58.0 cm³/mol. The number of carboxylic acid groups (broad SMARTS) is 1. The zero-order chi connectivity index (χ0) is 12.3. The lowest BCUT2D eigenvalue weighted by atomic mass is 9.58. The van der Waals surface area contributed by atoms with Gasteiger partial charge in [-0.25, -0.2) is 4.79 Å². The van der Waals surface area contributed by atoms with E-state index in [0.29, 0.717) is 6.42 Å². The molecule has 1 fully saturated rings. The molecule has 2 N–H and O–H groups in total. The Bertz CT molecular complexity index is 311. The first-order valence-corrected chi connectivity index (χ1v) is 5.16. The average Bonchev–Trinajstić information content (AvgIpc) is 2.20. The Labute approximate surface area is 94.5 Å². The Hall–Kier alpha value is -1.52. The number of nitrogens with one attached hydrogen (secondary N) is 1. The third-order valence-electron chi connectivity index (χ3n) is 3.19. The fourth-order valence-corrected chi connectivity index (χ4v) is 1.91. The summed E-state index contributed by atoms with van der Waals surface area (Å²) in [6.07, 6.45) is 1.40. The average molecular weight is 227 g/mol. The molecule has 90 valence electrons. The fraction of sp³-hybridized carbons (Fsp3) is 0.636. The second kappa shape index (κ2) is 4.55. The van der Waals surface area contributed by atoms with E-state index in [1.807, 2.05) is 13.8 Å². The molecule has 0 saturated heterocycles. The van der Waals surface area contributed by atoms with Gasteiger partial charge in [-0.15, -0.1) is 0 Å². The van der Waals surface area contributed by atoms with Gasteiger partial charge in [-0.05, 0) is 11.8 Å². The topological polar surface area (TPSA) is 75.6 Å². The molecule has 0 aromatic heterocycles. The van der Waals surface area contributed by atoms with Crippen LogP contribution in [0.2, 0.25) is 0 Å². The molecule has 0 aromatic carbocycles. The smallest absolute Gasteiger partial charge is 0.407 e. The minimum absolute atomic E-state index is 0.147. The molecule has 1 aliphatic rings. The van der Waals surface area contributed by atoms with E-state index in [1.54, 1.807) is 0 Å². The largest absolute Gasteiger partial charge is 0.481 e. The number of ether oxygens (including phenoxy) is 1. The Morgan fingerprint density at radius 2 is 2.25 bits per heavy atom. The summed E-state index contributed by atoms with van der Waals surface area (Å²) in [5.74, 6) is -1.22. The number of carbonyl (C=O) groups excluding carboxylic acids is 1. The lowest BCUT2D eigenvalue weighted by Gasteiger charge is -2.49. The molecule has 2 unspecified atom stereocenters. The van der Waals surface area contributed by atoms with Crippen LogP contribution in [-0.4, -0.2) is 29.8 Å². The summed E-state index contributed by atoms with van der Waals surface area (Å²) in [5, 5.41) is 11.6. The second-order valence-corrected chi connectivity index (χ2v) is 4.53. The molecule has 1 amide bonds. The lowest BCUT2D eigenvalue weighted by molar-refractivity contribution is -0.154. The number of alkyl carbamates (subject to hydrolysis) is 1. The molecule has 16 heavy (non-hydrogen) atoms. The highest BCUT2D eigenvalue weighted by Gasteiger charge is 2.52. The van der Waals surface area contributed by atoms with Gasteiger partial charge >= 0.3 is 12.1 Å². The van der Waals surface area contributed by atoms with E-state index in [-0.39, 0.29) is 12.6 Å². The molecule has 5 heteroatoms. The number of hydrogen-bond acceptors (Lipinski definition) is 3. The van der Waals surface area contributed by atoms with Crippen LogP contribution in [0.4, 0.5) is 4.79 Å². The summed E-state index contributed by atoms with van der Waals surface area (Å²) >= 11 is 0. The molecule has 0 radical (unpaired) electrons. The lowest BCUT2D eigenvalue weighted by Crippen LogP contribution is -2.60. The Balaban J connectivity index is 2.44. The Morgan fingerprint density at radius 1 is 1.62 bits per heavy atom. The van der Waals surface area contributed by atoms with Gasteiger partial charge in [0.1, 0.15) is 6.61 Å². The van der Waals surface area contributed by atoms with Crippen LogP contribution in [0.3, 0.4) is 0 Å². The van der Waals surface area contributed by atoms with Crippen molar-refractivity contribution in [1.29, 1.82) is 0 Å².